The number of amides is 1. The first-order chi connectivity index (χ1) is 15.6. The van der Waals surface area contributed by atoms with Gasteiger partial charge in [0.15, 0.2) is 0 Å². The normalized spacial score (nSPS) is 27.8. The van der Waals surface area contributed by atoms with Crippen LogP contribution in [0.1, 0.15) is 92.9 Å². The maximum Gasteiger partial charge on any atom is 0.411 e. The second-order valence-electron chi connectivity index (χ2n) is 11.5. The van der Waals surface area contributed by atoms with Crippen molar-refractivity contribution in [3.05, 3.63) is 53.6 Å². The predicted molar refractivity (Wildman–Crippen MR) is 139 cm³/mol. The fourth-order valence-corrected chi connectivity index (χ4v) is 6.64. The maximum atomic E-state index is 12.1. The zero-order chi connectivity index (χ0) is 24.1. The van der Waals surface area contributed by atoms with E-state index in [0.29, 0.717) is 16.7 Å². The summed E-state index contributed by atoms with van der Waals surface area (Å²) in [7, 11) is 0. The van der Waals surface area contributed by atoms with Gasteiger partial charge in [-0.25, -0.2) is 4.79 Å². The third-order valence-corrected chi connectivity index (χ3v) is 8.52. The van der Waals surface area contributed by atoms with E-state index in [2.05, 4.69) is 52.1 Å². The number of anilines is 1. The highest BCUT2D eigenvalue weighted by molar-refractivity contribution is 5.84. The van der Waals surface area contributed by atoms with Crippen LogP contribution in [0.25, 0.3) is 0 Å². The van der Waals surface area contributed by atoms with E-state index in [4.69, 9.17) is 4.74 Å². The number of fused-ring (bicyclic) bond motifs is 1. The highest BCUT2D eigenvalue weighted by Crippen LogP contribution is 2.60. The standard InChI is InChI=1S/C30H45NO2/c1-22(12-10-13-24(3)33-28(32)31-25-14-8-7-9-15-25)16-18-26-23(2)17-19-27-29(4,5)20-11-21-30(26,27)6/h7-9,12,14-15,17,24,26-27H,10-11,13,16,18-21H2,1-6H3,(H,31,32)/t24-,26+,27+,30-/m1/s1. The fraction of sp³-hybridized carbons (Fsp3) is 0.633. The Labute approximate surface area is 202 Å². The number of ether oxygens (including phenoxy) is 1. The Hall–Kier alpha value is -2.03. The molecule has 2 aliphatic rings. The molecule has 1 aromatic carbocycles. The molecule has 1 fully saturated rings. The molecule has 1 saturated carbocycles. The minimum absolute atomic E-state index is 0.106. The molecule has 2 aliphatic carbocycles. The van der Waals surface area contributed by atoms with Crippen molar-refractivity contribution in [1.29, 1.82) is 0 Å². The molecule has 3 nitrogen and oxygen atoms in total. The van der Waals surface area contributed by atoms with Crippen LogP contribution >= 0.6 is 0 Å². The number of hydrogen-bond donors (Lipinski definition) is 1. The Morgan fingerprint density at radius 2 is 1.94 bits per heavy atom. The lowest BCUT2D eigenvalue weighted by Gasteiger charge is -2.57. The Morgan fingerprint density at radius 1 is 1.21 bits per heavy atom. The first-order valence-electron chi connectivity index (χ1n) is 13.0. The van der Waals surface area contributed by atoms with Crippen molar-refractivity contribution >= 4 is 11.8 Å². The second-order valence-corrected chi connectivity index (χ2v) is 11.5. The number of allylic oxidation sites excluding steroid dienone is 4. The summed E-state index contributed by atoms with van der Waals surface area (Å²) in [6, 6.07) is 9.43. The zero-order valence-electron chi connectivity index (χ0n) is 21.7. The minimum atomic E-state index is -0.382. The Kier molecular flexibility index (Phi) is 8.48. The highest BCUT2D eigenvalue weighted by Gasteiger charge is 2.51. The minimum Gasteiger partial charge on any atom is -0.446 e. The molecule has 0 bridgehead atoms. The molecule has 3 rings (SSSR count). The molecule has 3 heteroatoms. The van der Waals surface area contributed by atoms with Crippen molar-refractivity contribution in [2.75, 3.05) is 5.32 Å². The van der Waals surface area contributed by atoms with Gasteiger partial charge in [-0.3, -0.25) is 5.32 Å². The fourth-order valence-electron chi connectivity index (χ4n) is 6.64. The maximum absolute atomic E-state index is 12.1. The zero-order valence-corrected chi connectivity index (χ0v) is 21.7. The molecule has 1 N–H and O–H groups in total. The molecule has 0 aromatic heterocycles. The Balaban J connectivity index is 1.46. The predicted octanol–water partition coefficient (Wildman–Crippen LogP) is 8.93. The first kappa shape index (κ1) is 25.6. The van der Waals surface area contributed by atoms with Gasteiger partial charge in [0.1, 0.15) is 6.10 Å². The summed E-state index contributed by atoms with van der Waals surface area (Å²) in [5, 5.41) is 2.78. The van der Waals surface area contributed by atoms with Crippen LogP contribution in [0.5, 0.6) is 0 Å². The van der Waals surface area contributed by atoms with E-state index in [-0.39, 0.29) is 12.2 Å². The van der Waals surface area contributed by atoms with E-state index in [1.807, 2.05) is 37.3 Å². The van der Waals surface area contributed by atoms with E-state index in [9.17, 15) is 4.79 Å². The van der Waals surface area contributed by atoms with Crippen molar-refractivity contribution in [2.24, 2.45) is 22.7 Å². The number of hydrogen-bond acceptors (Lipinski definition) is 2. The lowest BCUT2D eigenvalue weighted by Crippen LogP contribution is -2.48. The van der Waals surface area contributed by atoms with E-state index in [1.54, 1.807) is 5.57 Å². The summed E-state index contributed by atoms with van der Waals surface area (Å²) in [6.07, 6.45) is 14.0. The number of benzene rings is 1. The summed E-state index contributed by atoms with van der Waals surface area (Å²) < 4.78 is 5.51. The van der Waals surface area contributed by atoms with Crippen LogP contribution in [0.2, 0.25) is 0 Å². The van der Waals surface area contributed by atoms with Crippen LogP contribution in [0.3, 0.4) is 0 Å². The summed E-state index contributed by atoms with van der Waals surface area (Å²) >= 11 is 0. The molecular formula is C30H45NO2. The van der Waals surface area contributed by atoms with Gasteiger partial charge in [-0.05, 0) is 101 Å². The summed E-state index contributed by atoms with van der Waals surface area (Å²) in [4.78, 5) is 12.1. The lowest BCUT2D eigenvalue weighted by molar-refractivity contribution is -0.0390. The quantitative estimate of drug-likeness (QED) is 0.401. The van der Waals surface area contributed by atoms with Gasteiger partial charge < -0.3 is 4.74 Å². The van der Waals surface area contributed by atoms with Crippen molar-refractivity contribution in [1.82, 2.24) is 0 Å². The van der Waals surface area contributed by atoms with Crippen LogP contribution in [0, 0.1) is 22.7 Å². The molecule has 1 aromatic rings. The van der Waals surface area contributed by atoms with Gasteiger partial charge in [0.2, 0.25) is 0 Å². The van der Waals surface area contributed by atoms with Crippen molar-refractivity contribution < 1.29 is 9.53 Å². The summed E-state index contributed by atoms with van der Waals surface area (Å²) in [5.41, 5.74) is 4.73. The molecule has 4 atom stereocenters. The molecule has 0 unspecified atom stereocenters. The molecule has 0 aliphatic heterocycles. The Bertz CT molecular complexity index is 853. The molecule has 0 heterocycles. The van der Waals surface area contributed by atoms with Crippen molar-refractivity contribution in [3.8, 4) is 0 Å². The van der Waals surface area contributed by atoms with Crippen LogP contribution in [0.15, 0.2) is 53.6 Å². The number of para-hydroxylation sites is 1. The van der Waals surface area contributed by atoms with E-state index in [0.717, 1.165) is 30.9 Å². The van der Waals surface area contributed by atoms with Gasteiger partial charge in [0.25, 0.3) is 0 Å². The van der Waals surface area contributed by atoms with Gasteiger partial charge in [0, 0.05) is 5.69 Å². The topological polar surface area (TPSA) is 38.3 Å². The lowest BCUT2D eigenvalue weighted by atomic mass is 9.48. The molecule has 1 amide bonds. The van der Waals surface area contributed by atoms with E-state index < -0.39 is 0 Å². The average molecular weight is 452 g/mol. The monoisotopic (exact) mass is 451 g/mol. The smallest absolute Gasteiger partial charge is 0.411 e. The second kappa shape index (κ2) is 10.9. The molecule has 182 valence electrons. The van der Waals surface area contributed by atoms with Gasteiger partial charge >= 0.3 is 6.09 Å². The molecular weight excluding hydrogens is 406 g/mol. The average Bonchev–Trinajstić information content (AvgIpc) is 2.73. The third kappa shape index (κ3) is 6.52. The van der Waals surface area contributed by atoms with Gasteiger partial charge in [-0.15, -0.1) is 0 Å². The summed E-state index contributed by atoms with van der Waals surface area (Å²) in [6.45, 7) is 14.2. The number of rotatable bonds is 8. The number of carbonyl (C=O) groups excluding carboxylic acids is 1. The molecule has 33 heavy (non-hydrogen) atoms. The highest BCUT2D eigenvalue weighted by atomic mass is 16.6. The van der Waals surface area contributed by atoms with Gasteiger partial charge in [-0.2, -0.15) is 0 Å². The van der Waals surface area contributed by atoms with Gasteiger partial charge in [-0.1, -0.05) is 68.7 Å². The third-order valence-electron chi connectivity index (χ3n) is 8.52. The molecule has 0 spiro atoms. The number of nitrogens with one attached hydrogen (secondary N) is 1. The van der Waals surface area contributed by atoms with E-state index >= 15 is 0 Å². The molecule has 0 saturated heterocycles. The first-order valence-corrected chi connectivity index (χ1v) is 13.0. The van der Waals surface area contributed by atoms with Crippen LogP contribution in [-0.4, -0.2) is 12.2 Å². The van der Waals surface area contributed by atoms with Gasteiger partial charge in [0.05, 0.1) is 0 Å². The van der Waals surface area contributed by atoms with Crippen molar-refractivity contribution in [3.63, 3.8) is 0 Å². The van der Waals surface area contributed by atoms with Crippen LogP contribution < -0.4 is 5.32 Å². The van der Waals surface area contributed by atoms with Crippen molar-refractivity contribution in [2.45, 2.75) is 99.0 Å². The van der Waals surface area contributed by atoms with Crippen LogP contribution in [0.4, 0.5) is 10.5 Å². The number of carbonyl (C=O) groups is 1. The van der Waals surface area contributed by atoms with E-state index in [1.165, 1.54) is 37.7 Å². The Morgan fingerprint density at radius 3 is 2.67 bits per heavy atom. The summed E-state index contributed by atoms with van der Waals surface area (Å²) in [5.74, 6) is 1.50. The van der Waals surface area contributed by atoms with Crippen LogP contribution in [-0.2, 0) is 4.74 Å². The largest absolute Gasteiger partial charge is 0.446 e. The molecule has 0 radical (unpaired) electrons. The SMILES string of the molecule is CC(=CCC[C@@H](C)OC(=O)Nc1ccccc1)CC[C@H]1C(C)=CC[C@H]2C(C)(C)CCC[C@]12C.